The van der Waals surface area contributed by atoms with E-state index in [1.165, 1.54) is 6.07 Å². The third-order valence-electron chi connectivity index (χ3n) is 3.86. The lowest BCUT2D eigenvalue weighted by molar-refractivity contribution is 0.402. The van der Waals surface area contributed by atoms with Gasteiger partial charge in [0.05, 0.1) is 18.3 Å². The minimum absolute atomic E-state index is 0.114. The first-order valence-electron chi connectivity index (χ1n) is 7.68. The lowest BCUT2D eigenvalue weighted by Gasteiger charge is -2.16. The van der Waals surface area contributed by atoms with Gasteiger partial charge in [0, 0.05) is 18.9 Å². The largest absolute Gasteiger partial charge is 0.496 e. The average Bonchev–Trinajstić information content (AvgIpc) is 3.29. The van der Waals surface area contributed by atoms with Crippen LogP contribution < -0.4 is 9.46 Å². The fourth-order valence-electron chi connectivity index (χ4n) is 2.56. The van der Waals surface area contributed by atoms with E-state index < -0.39 is 10.0 Å². The van der Waals surface area contributed by atoms with Gasteiger partial charge in [-0.05, 0) is 48.9 Å². The molecule has 1 atom stereocenters. The molecular formula is C17H19N3O4S. The number of aryl methyl sites for hydroxylation is 1. The highest BCUT2D eigenvalue weighted by molar-refractivity contribution is 7.89. The molecule has 1 N–H and O–H groups in total. The molecule has 0 aliphatic heterocycles. The zero-order valence-electron chi connectivity index (χ0n) is 13.9. The number of aromatic nitrogens is 2. The van der Waals surface area contributed by atoms with Crippen LogP contribution in [0.1, 0.15) is 17.4 Å². The first-order chi connectivity index (χ1) is 12.0. The second-order valence-corrected chi connectivity index (χ2v) is 7.27. The van der Waals surface area contributed by atoms with Gasteiger partial charge >= 0.3 is 0 Å². The van der Waals surface area contributed by atoms with Gasteiger partial charge in [0.15, 0.2) is 0 Å². The van der Waals surface area contributed by atoms with Crippen molar-refractivity contribution in [3.8, 4) is 5.75 Å². The van der Waals surface area contributed by atoms with Crippen LogP contribution in [0.5, 0.6) is 5.75 Å². The Morgan fingerprint density at radius 2 is 2.16 bits per heavy atom. The molecule has 132 valence electrons. The molecule has 7 nitrogen and oxygen atoms in total. The molecule has 0 saturated carbocycles. The predicted octanol–water partition coefficient (Wildman–Crippen LogP) is 2.36. The van der Waals surface area contributed by atoms with E-state index in [4.69, 9.17) is 9.15 Å². The van der Waals surface area contributed by atoms with Crippen molar-refractivity contribution in [1.82, 2.24) is 14.5 Å². The molecular weight excluding hydrogens is 342 g/mol. The Balaban J connectivity index is 1.81. The molecule has 0 saturated heterocycles. The van der Waals surface area contributed by atoms with Crippen molar-refractivity contribution in [2.45, 2.75) is 17.9 Å². The maximum absolute atomic E-state index is 12.6. The molecule has 0 spiro atoms. The molecule has 3 rings (SSSR count). The highest BCUT2D eigenvalue weighted by Gasteiger charge is 2.22. The first kappa shape index (κ1) is 17.2. The monoisotopic (exact) mass is 361 g/mol. The number of benzene rings is 1. The standard InChI is InChI=1S/C17H19N3O4S/c1-13-11-14(6-7-16(13)23-2)25(21,22)19-12-15(17-5-3-10-24-17)20-9-4-8-18-20/h3-11,15,19H,12H2,1-2H3. The van der Waals surface area contributed by atoms with Crippen molar-refractivity contribution in [2.75, 3.05) is 13.7 Å². The molecule has 2 heterocycles. The number of hydrogen-bond acceptors (Lipinski definition) is 5. The molecule has 2 aromatic heterocycles. The number of hydrogen-bond donors (Lipinski definition) is 1. The third-order valence-corrected chi connectivity index (χ3v) is 5.28. The summed E-state index contributed by atoms with van der Waals surface area (Å²) < 4.78 is 40.1. The summed E-state index contributed by atoms with van der Waals surface area (Å²) in [6.45, 7) is 1.91. The Bertz CT molecular complexity index is 885. The van der Waals surface area contributed by atoms with Crippen LogP contribution in [0.25, 0.3) is 0 Å². The van der Waals surface area contributed by atoms with Gasteiger partial charge in [-0.15, -0.1) is 0 Å². The summed E-state index contributed by atoms with van der Waals surface area (Å²) in [5.41, 5.74) is 0.750. The van der Waals surface area contributed by atoms with Crippen LogP contribution in [0.2, 0.25) is 0 Å². The zero-order chi connectivity index (χ0) is 17.9. The van der Waals surface area contributed by atoms with Crippen LogP contribution in [0.15, 0.2) is 64.4 Å². The fourth-order valence-corrected chi connectivity index (χ4v) is 3.68. The van der Waals surface area contributed by atoms with E-state index in [1.54, 1.807) is 67.7 Å². The molecule has 0 amide bonds. The molecule has 3 aromatic rings. The lowest BCUT2D eigenvalue weighted by Crippen LogP contribution is -2.31. The van der Waals surface area contributed by atoms with Gasteiger partial charge in [-0.2, -0.15) is 5.10 Å². The van der Waals surface area contributed by atoms with E-state index in [9.17, 15) is 8.42 Å². The number of furan rings is 1. The summed E-state index contributed by atoms with van der Waals surface area (Å²) in [6.07, 6.45) is 4.95. The maximum Gasteiger partial charge on any atom is 0.240 e. The van der Waals surface area contributed by atoms with E-state index in [1.807, 2.05) is 0 Å². The third kappa shape index (κ3) is 3.75. The van der Waals surface area contributed by atoms with E-state index in [-0.39, 0.29) is 17.5 Å². The molecule has 1 unspecified atom stereocenters. The van der Waals surface area contributed by atoms with Gasteiger partial charge in [-0.3, -0.25) is 4.68 Å². The molecule has 0 fully saturated rings. The van der Waals surface area contributed by atoms with Gasteiger partial charge in [-0.25, -0.2) is 13.1 Å². The minimum atomic E-state index is -3.67. The molecule has 1 aromatic carbocycles. The Kier molecular flexibility index (Phi) is 4.91. The van der Waals surface area contributed by atoms with Crippen molar-refractivity contribution < 1.29 is 17.6 Å². The quantitative estimate of drug-likeness (QED) is 0.698. The SMILES string of the molecule is COc1ccc(S(=O)(=O)NCC(c2ccco2)n2cccn2)cc1C. The minimum Gasteiger partial charge on any atom is -0.496 e. The summed E-state index contributed by atoms with van der Waals surface area (Å²) >= 11 is 0. The van der Waals surface area contributed by atoms with Gasteiger partial charge < -0.3 is 9.15 Å². The fraction of sp³-hybridized carbons (Fsp3) is 0.235. The van der Waals surface area contributed by atoms with Crippen molar-refractivity contribution in [3.05, 3.63) is 66.4 Å². The Morgan fingerprint density at radius 1 is 1.32 bits per heavy atom. The molecule has 0 aliphatic rings. The van der Waals surface area contributed by atoms with Crippen LogP contribution in [-0.4, -0.2) is 31.9 Å². The summed E-state index contributed by atoms with van der Waals surface area (Å²) in [5.74, 6) is 1.27. The van der Waals surface area contributed by atoms with Crippen LogP contribution >= 0.6 is 0 Å². The van der Waals surface area contributed by atoms with Crippen LogP contribution in [0.4, 0.5) is 0 Å². The second kappa shape index (κ2) is 7.12. The normalized spacial score (nSPS) is 12.9. The first-order valence-corrected chi connectivity index (χ1v) is 9.16. The summed E-state index contributed by atoms with van der Waals surface area (Å²) in [5, 5.41) is 4.19. The van der Waals surface area contributed by atoms with Crippen LogP contribution in [-0.2, 0) is 10.0 Å². The Labute approximate surface area is 146 Å². The topological polar surface area (TPSA) is 86.4 Å². The lowest BCUT2D eigenvalue weighted by atomic mass is 10.2. The van der Waals surface area contributed by atoms with Crippen LogP contribution in [0.3, 0.4) is 0 Å². The van der Waals surface area contributed by atoms with Crippen molar-refractivity contribution in [2.24, 2.45) is 0 Å². The van der Waals surface area contributed by atoms with Crippen LogP contribution in [0, 0.1) is 6.92 Å². The van der Waals surface area contributed by atoms with E-state index in [0.717, 1.165) is 5.56 Å². The molecule has 0 bridgehead atoms. The highest BCUT2D eigenvalue weighted by atomic mass is 32.2. The zero-order valence-corrected chi connectivity index (χ0v) is 14.7. The number of nitrogens with zero attached hydrogens (tertiary/aromatic N) is 2. The van der Waals surface area contributed by atoms with Gasteiger partial charge in [0.1, 0.15) is 17.6 Å². The van der Waals surface area contributed by atoms with Gasteiger partial charge in [0.2, 0.25) is 10.0 Å². The Morgan fingerprint density at radius 3 is 2.76 bits per heavy atom. The summed E-state index contributed by atoms with van der Waals surface area (Å²) in [6, 6.07) is 9.68. The Hall–Kier alpha value is -2.58. The number of ether oxygens (including phenoxy) is 1. The number of nitrogens with one attached hydrogen (secondary N) is 1. The predicted molar refractivity (Wildman–Crippen MR) is 92.0 cm³/mol. The summed E-state index contributed by atoms with van der Waals surface area (Å²) in [4.78, 5) is 0.185. The highest BCUT2D eigenvalue weighted by Crippen LogP contribution is 2.22. The average molecular weight is 361 g/mol. The maximum atomic E-state index is 12.6. The van der Waals surface area contributed by atoms with E-state index >= 15 is 0 Å². The molecule has 25 heavy (non-hydrogen) atoms. The van der Waals surface area contributed by atoms with E-state index in [0.29, 0.717) is 11.5 Å². The number of rotatable bonds is 7. The number of sulfonamides is 1. The summed E-state index contributed by atoms with van der Waals surface area (Å²) in [7, 11) is -2.12. The van der Waals surface area contributed by atoms with Crippen molar-refractivity contribution in [1.29, 1.82) is 0 Å². The smallest absolute Gasteiger partial charge is 0.240 e. The second-order valence-electron chi connectivity index (χ2n) is 5.50. The number of methoxy groups -OCH3 is 1. The molecule has 0 radical (unpaired) electrons. The van der Waals surface area contributed by atoms with Gasteiger partial charge in [0.25, 0.3) is 0 Å². The van der Waals surface area contributed by atoms with Gasteiger partial charge in [-0.1, -0.05) is 0 Å². The molecule has 8 heteroatoms. The van der Waals surface area contributed by atoms with E-state index in [2.05, 4.69) is 9.82 Å². The molecule has 0 aliphatic carbocycles. The van der Waals surface area contributed by atoms with Crippen molar-refractivity contribution >= 4 is 10.0 Å². The van der Waals surface area contributed by atoms with Crippen molar-refractivity contribution in [3.63, 3.8) is 0 Å².